The van der Waals surface area contributed by atoms with Crippen molar-refractivity contribution in [1.82, 2.24) is 5.32 Å². The van der Waals surface area contributed by atoms with E-state index in [2.05, 4.69) is 33.1 Å². The molecule has 0 saturated heterocycles. The number of carbonyl (C=O) groups excluding carboxylic acids is 1. The summed E-state index contributed by atoms with van der Waals surface area (Å²) in [5.41, 5.74) is 0.262. The molecule has 0 fully saturated rings. The van der Waals surface area contributed by atoms with Crippen molar-refractivity contribution >= 4 is 27.5 Å². The van der Waals surface area contributed by atoms with Gasteiger partial charge in [-0.25, -0.2) is 0 Å². The first-order valence-electron chi connectivity index (χ1n) is 4.68. The zero-order chi connectivity index (χ0) is 12.8. The van der Waals surface area contributed by atoms with E-state index in [4.69, 9.17) is 0 Å². The van der Waals surface area contributed by atoms with Gasteiger partial charge in [-0.15, -0.1) is 0 Å². The summed E-state index contributed by atoms with van der Waals surface area (Å²) in [5.74, 6) is 5.11. The third-order valence-corrected chi connectivity index (χ3v) is 2.30. The minimum atomic E-state index is -0.493. The van der Waals surface area contributed by atoms with E-state index in [-0.39, 0.29) is 18.1 Å². The zero-order valence-corrected chi connectivity index (χ0v) is 10.6. The summed E-state index contributed by atoms with van der Waals surface area (Å²) in [5, 5.41) is 13.2. The van der Waals surface area contributed by atoms with Crippen LogP contribution in [0, 0.1) is 22.0 Å². The van der Waals surface area contributed by atoms with Crippen LogP contribution < -0.4 is 5.32 Å². The lowest BCUT2D eigenvalue weighted by molar-refractivity contribution is -0.385. The molecule has 0 aliphatic rings. The fourth-order valence-electron chi connectivity index (χ4n) is 1.07. The van der Waals surface area contributed by atoms with Gasteiger partial charge >= 0.3 is 0 Å². The molecule has 1 amide bonds. The van der Waals surface area contributed by atoms with E-state index in [9.17, 15) is 14.9 Å². The van der Waals surface area contributed by atoms with Gasteiger partial charge in [-0.3, -0.25) is 14.9 Å². The number of nitro benzene ring substituents is 1. The van der Waals surface area contributed by atoms with Gasteiger partial charge in [0.05, 0.1) is 11.5 Å². The molecule has 5 nitrogen and oxygen atoms in total. The van der Waals surface area contributed by atoms with Crippen LogP contribution in [0.3, 0.4) is 0 Å². The highest BCUT2D eigenvalue weighted by Crippen LogP contribution is 2.22. The Kier molecular flexibility index (Phi) is 4.67. The van der Waals surface area contributed by atoms with Crippen molar-refractivity contribution in [3.05, 3.63) is 38.3 Å². The van der Waals surface area contributed by atoms with Crippen molar-refractivity contribution in [2.24, 2.45) is 0 Å². The van der Waals surface area contributed by atoms with E-state index in [1.165, 1.54) is 13.0 Å². The molecule has 1 aromatic rings. The maximum absolute atomic E-state index is 10.8. The summed E-state index contributed by atoms with van der Waals surface area (Å²) in [6, 6.07) is 4.63. The minimum absolute atomic E-state index is 0.0605. The Labute approximate surface area is 106 Å². The number of hydrogen-bond donors (Lipinski definition) is 1. The molecule has 0 unspecified atom stereocenters. The van der Waals surface area contributed by atoms with Crippen LogP contribution in [-0.2, 0) is 4.79 Å². The molecule has 0 atom stereocenters. The van der Waals surface area contributed by atoms with Crippen molar-refractivity contribution in [3.8, 4) is 11.8 Å². The molecule has 0 aliphatic heterocycles. The predicted molar refractivity (Wildman–Crippen MR) is 66.4 cm³/mol. The Morgan fingerprint density at radius 3 is 2.88 bits per heavy atom. The van der Waals surface area contributed by atoms with Crippen LogP contribution in [0.4, 0.5) is 5.69 Å². The van der Waals surface area contributed by atoms with Crippen LogP contribution in [0.1, 0.15) is 12.5 Å². The average molecular weight is 297 g/mol. The van der Waals surface area contributed by atoms with Crippen LogP contribution in [0.25, 0.3) is 0 Å². The van der Waals surface area contributed by atoms with Crippen LogP contribution in [0.5, 0.6) is 0 Å². The van der Waals surface area contributed by atoms with Gasteiger partial charge in [0.25, 0.3) is 5.69 Å². The Morgan fingerprint density at radius 1 is 1.59 bits per heavy atom. The van der Waals surface area contributed by atoms with Crippen LogP contribution in [0.2, 0.25) is 0 Å². The second kappa shape index (κ2) is 6.01. The van der Waals surface area contributed by atoms with Gasteiger partial charge in [-0.1, -0.05) is 27.8 Å². The third-order valence-electron chi connectivity index (χ3n) is 1.81. The van der Waals surface area contributed by atoms with Crippen LogP contribution >= 0.6 is 15.9 Å². The largest absolute Gasteiger partial charge is 0.345 e. The van der Waals surface area contributed by atoms with E-state index in [0.717, 1.165) is 0 Å². The second-order valence-corrected chi connectivity index (χ2v) is 4.05. The molecule has 0 heterocycles. The molecular weight excluding hydrogens is 288 g/mol. The van der Waals surface area contributed by atoms with Gasteiger partial charge in [0.1, 0.15) is 5.56 Å². The Morgan fingerprint density at radius 2 is 2.29 bits per heavy atom. The van der Waals surface area contributed by atoms with Crippen LogP contribution in [0.15, 0.2) is 22.7 Å². The van der Waals surface area contributed by atoms with Crippen molar-refractivity contribution in [3.63, 3.8) is 0 Å². The van der Waals surface area contributed by atoms with Gasteiger partial charge < -0.3 is 5.32 Å². The van der Waals surface area contributed by atoms with Gasteiger partial charge in [0.2, 0.25) is 5.91 Å². The predicted octanol–water partition coefficient (Wildman–Crippen LogP) is 1.84. The molecule has 88 valence electrons. The van der Waals surface area contributed by atoms with Gasteiger partial charge in [0.15, 0.2) is 0 Å². The van der Waals surface area contributed by atoms with E-state index in [1.807, 2.05) is 0 Å². The first kappa shape index (κ1) is 13.2. The highest BCUT2D eigenvalue weighted by molar-refractivity contribution is 9.10. The van der Waals surface area contributed by atoms with Crippen LogP contribution in [-0.4, -0.2) is 17.4 Å². The smallest absolute Gasteiger partial charge is 0.286 e. The lowest BCUT2D eigenvalue weighted by Gasteiger charge is -1.96. The molecule has 0 aromatic heterocycles. The Bertz CT molecular complexity index is 517. The summed E-state index contributed by atoms with van der Waals surface area (Å²) < 4.78 is 0.622. The Hall–Kier alpha value is -1.87. The number of nitro groups is 1. The van der Waals surface area contributed by atoms with E-state index in [1.54, 1.807) is 12.1 Å². The number of nitrogens with zero attached hydrogens (tertiary/aromatic N) is 1. The third kappa shape index (κ3) is 4.25. The number of amides is 1. The first-order chi connectivity index (χ1) is 8.00. The van der Waals surface area contributed by atoms with Crippen molar-refractivity contribution < 1.29 is 9.72 Å². The normalized spacial score (nSPS) is 9.06. The monoisotopic (exact) mass is 296 g/mol. The molecule has 17 heavy (non-hydrogen) atoms. The second-order valence-electron chi connectivity index (χ2n) is 3.13. The first-order valence-corrected chi connectivity index (χ1v) is 5.47. The molecule has 1 aromatic carbocycles. The van der Waals surface area contributed by atoms with Crippen molar-refractivity contribution in [2.45, 2.75) is 6.92 Å². The summed E-state index contributed by atoms with van der Waals surface area (Å²) in [7, 11) is 0. The zero-order valence-electron chi connectivity index (χ0n) is 8.99. The molecule has 6 heteroatoms. The van der Waals surface area contributed by atoms with Crippen molar-refractivity contribution in [1.29, 1.82) is 0 Å². The molecule has 0 saturated carbocycles. The number of hydrogen-bond acceptors (Lipinski definition) is 3. The summed E-state index contributed by atoms with van der Waals surface area (Å²) in [4.78, 5) is 20.9. The number of halogens is 1. The maximum Gasteiger partial charge on any atom is 0.286 e. The SMILES string of the molecule is CC(=O)NCC#Cc1ccc(Br)cc1[N+](=O)[O-]. The van der Waals surface area contributed by atoms with E-state index < -0.39 is 4.92 Å². The number of benzene rings is 1. The summed E-state index contributed by atoms with van der Waals surface area (Å²) in [6.45, 7) is 1.55. The highest BCUT2D eigenvalue weighted by atomic mass is 79.9. The van der Waals surface area contributed by atoms with Gasteiger partial charge in [-0.2, -0.15) is 0 Å². The Balaban J connectivity index is 2.90. The summed E-state index contributed by atoms with van der Waals surface area (Å²) >= 11 is 3.16. The average Bonchev–Trinajstić information content (AvgIpc) is 2.25. The minimum Gasteiger partial charge on any atom is -0.345 e. The maximum atomic E-state index is 10.8. The topological polar surface area (TPSA) is 72.2 Å². The van der Waals surface area contributed by atoms with Gasteiger partial charge in [-0.05, 0) is 12.1 Å². The molecule has 1 N–H and O–H groups in total. The molecule has 0 bridgehead atoms. The standard InChI is InChI=1S/C11H9BrN2O3/c1-8(15)13-6-2-3-9-4-5-10(12)7-11(9)14(16)17/h4-5,7H,6H2,1H3,(H,13,15). The molecule has 0 radical (unpaired) electrons. The number of carbonyl (C=O) groups is 1. The lowest BCUT2D eigenvalue weighted by Crippen LogP contribution is -2.19. The quantitative estimate of drug-likeness (QED) is 0.514. The fraction of sp³-hybridized carbons (Fsp3) is 0.182. The lowest BCUT2D eigenvalue weighted by atomic mass is 10.2. The number of nitrogens with one attached hydrogen (secondary N) is 1. The highest BCUT2D eigenvalue weighted by Gasteiger charge is 2.11. The van der Waals surface area contributed by atoms with E-state index >= 15 is 0 Å². The summed E-state index contributed by atoms with van der Waals surface area (Å²) in [6.07, 6.45) is 0. The molecule has 0 aliphatic carbocycles. The van der Waals surface area contributed by atoms with E-state index in [0.29, 0.717) is 10.0 Å². The molecule has 0 spiro atoms. The molecular formula is C11H9BrN2O3. The number of rotatable bonds is 2. The fourth-order valence-corrected chi connectivity index (χ4v) is 1.42. The molecule has 1 rings (SSSR count). The van der Waals surface area contributed by atoms with Gasteiger partial charge in [0, 0.05) is 17.5 Å². The van der Waals surface area contributed by atoms with Crippen molar-refractivity contribution in [2.75, 3.05) is 6.54 Å².